The predicted octanol–water partition coefficient (Wildman–Crippen LogP) is 6.07. The molecule has 1 spiro atoms. The van der Waals surface area contributed by atoms with E-state index < -0.39 is 33.4 Å². The van der Waals surface area contributed by atoms with Crippen molar-refractivity contribution in [2.75, 3.05) is 24.6 Å². The summed E-state index contributed by atoms with van der Waals surface area (Å²) in [6, 6.07) is 22.4. The fourth-order valence-electron chi connectivity index (χ4n) is 8.33. The van der Waals surface area contributed by atoms with E-state index in [1.54, 1.807) is 38.6 Å². The van der Waals surface area contributed by atoms with Gasteiger partial charge in [-0.3, -0.25) is 14.4 Å². The molecule has 246 valence electrons. The number of amides is 3. The van der Waals surface area contributed by atoms with Gasteiger partial charge in [0.15, 0.2) is 0 Å². The monoisotopic (exact) mass is 651 g/mol. The van der Waals surface area contributed by atoms with E-state index in [1.165, 1.54) is 0 Å². The number of hydrogen-bond acceptors (Lipinski definition) is 5. The van der Waals surface area contributed by atoms with Gasteiger partial charge in [0, 0.05) is 30.1 Å². The molecule has 0 aromatic heterocycles. The Labute approximate surface area is 282 Å². The van der Waals surface area contributed by atoms with Crippen LogP contribution in [0.3, 0.4) is 0 Å². The zero-order chi connectivity index (χ0) is 33.5. The topological polar surface area (TPSA) is 81.2 Å². The third kappa shape index (κ3) is 5.49. The number of aliphatic hydroxyl groups excluding tert-OH is 1. The number of aliphatic hydroxyl groups is 1. The Bertz CT molecular complexity index is 1690. The number of benzene rings is 3. The minimum absolute atomic E-state index is 0.0840. The Morgan fingerprint density at radius 1 is 0.979 bits per heavy atom. The van der Waals surface area contributed by atoms with E-state index in [0.29, 0.717) is 25.9 Å². The summed E-state index contributed by atoms with van der Waals surface area (Å²) >= 11 is 1.66. The lowest BCUT2D eigenvalue weighted by atomic mass is 9.66. The number of carbonyl (C=O) groups excluding carboxylic acids is 3. The van der Waals surface area contributed by atoms with Crippen molar-refractivity contribution in [3.63, 3.8) is 0 Å². The molecule has 6 rings (SSSR count). The van der Waals surface area contributed by atoms with E-state index >= 15 is 4.79 Å². The van der Waals surface area contributed by atoms with Gasteiger partial charge in [-0.05, 0) is 54.2 Å². The quantitative estimate of drug-likeness (QED) is 0.241. The van der Waals surface area contributed by atoms with Crippen LogP contribution in [0.1, 0.15) is 39.2 Å². The second-order valence-corrected chi connectivity index (χ2v) is 15.6. The summed E-state index contributed by atoms with van der Waals surface area (Å²) in [5.41, 5.74) is 1.73. The van der Waals surface area contributed by atoms with E-state index in [0.717, 1.165) is 22.0 Å². The van der Waals surface area contributed by atoms with Gasteiger partial charge in [0.2, 0.25) is 11.8 Å². The highest BCUT2D eigenvalue weighted by Gasteiger charge is 2.78. The molecular formula is C39H45N3O4S. The highest BCUT2D eigenvalue weighted by atomic mass is 32.2. The van der Waals surface area contributed by atoms with Crippen molar-refractivity contribution >= 4 is 45.9 Å². The van der Waals surface area contributed by atoms with Crippen molar-refractivity contribution in [2.45, 2.75) is 61.7 Å². The molecular weight excluding hydrogens is 607 g/mol. The Morgan fingerprint density at radius 3 is 2.32 bits per heavy atom. The normalized spacial score (nSPS) is 26.8. The Kier molecular flexibility index (Phi) is 9.11. The number of nitrogens with zero attached hydrogens (tertiary/aromatic N) is 3. The molecule has 3 amide bonds. The van der Waals surface area contributed by atoms with Crippen LogP contribution in [0.2, 0.25) is 0 Å². The van der Waals surface area contributed by atoms with Crippen molar-refractivity contribution in [3.05, 3.63) is 104 Å². The molecule has 6 atom stereocenters. The van der Waals surface area contributed by atoms with Crippen molar-refractivity contribution in [1.29, 1.82) is 0 Å². The number of anilines is 1. The average molecular weight is 652 g/mol. The van der Waals surface area contributed by atoms with Gasteiger partial charge in [0.25, 0.3) is 5.91 Å². The van der Waals surface area contributed by atoms with Crippen LogP contribution in [-0.4, -0.2) is 73.9 Å². The van der Waals surface area contributed by atoms with E-state index in [2.05, 4.69) is 20.1 Å². The Hall–Kier alpha value is -3.88. The molecule has 7 nitrogen and oxygen atoms in total. The lowest BCUT2D eigenvalue weighted by Crippen LogP contribution is -2.58. The van der Waals surface area contributed by atoms with Crippen molar-refractivity contribution in [2.24, 2.45) is 17.8 Å². The maximum absolute atomic E-state index is 15.1. The zero-order valence-electron chi connectivity index (χ0n) is 27.5. The molecule has 3 aliphatic rings. The molecule has 0 saturated carbocycles. The number of hydrogen-bond donors (Lipinski definition) is 1. The fraction of sp³-hybridized carbons (Fsp3) is 0.410. The summed E-state index contributed by atoms with van der Waals surface area (Å²) in [5.74, 6) is -1.90. The average Bonchev–Trinajstić information content (AvgIpc) is 3.64. The van der Waals surface area contributed by atoms with Crippen molar-refractivity contribution in [3.8, 4) is 0 Å². The van der Waals surface area contributed by atoms with Crippen LogP contribution in [0.5, 0.6) is 0 Å². The standard InChI is InChI=1S/C39H45N3O4S/c1-6-21-40(24-27-13-9-8-10-14-27)35(44)32-33-36(45)42(31(25-43)26(3)4)34(39(33)20-19-38(32,5)47-39)37(46)41(22-7-2)30-18-17-28-15-11-12-16-29(28)23-30/h6-18,23,26,31-34,43H,1-2,19-22,24-25H2,3-5H3/t31-,32-,33-,34?,38+,39?/m0/s1. The van der Waals surface area contributed by atoms with Crippen molar-refractivity contribution in [1.82, 2.24) is 9.80 Å². The first-order valence-corrected chi connectivity index (χ1v) is 17.4. The molecule has 1 N–H and O–H groups in total. The minimum atomic E-state index is -0.849. The maximum atomic E-state index is 15.1. The van der Waals surface area contributed by atoms with Crippen LogP contribution >= 0.6 is 11.8 Å². The number of thioether (sulfide) groups is 1. The van der Waals surface area contributed by atoms with Gasteiger partial charge >= 0.3 is 0 Å². The first-order chi connectivity index (χ1) is 22.6. The summed E-state index contributed by atoms with van der Waals surface area (Å²) in [4.78, 5) is 49.9. The molecule has 3 heterocycles. The van der Waals surface area contributed by atoms with Gasteiger partial charge in [-0.25, -0.2) is 0 Å². The van der Waals surface area contributed by atoms with Crippen LogP contribution < -0.4 is 4.90 Å². The summed E-state index contributed by atoms with van der Waals surface area (Å²) < 4.78 is -1.33. The molecule has 47 heavy (non-hydrogen) atoms. The Balaban J connectivity index is 1.44. The Morgan fingerprint density at radius 2 is 1.66 bits per heavy atom. The number of carbonyl (C=O) groups is 3. The molecule has 3 saturated heterocycles. The molecule has 3 aliphatic heterocycles. The van der Waals surface area contributed by atoms with Gasteiger partial charge in [-0.2, -0.15) is 0 Å². The summed E-state index contributed by atoms with van der Waals surface area (Å²) in [6.45, 7) is 14.7. The number of likely N-dealkylation sites (tertiary alicyclic amines) is 1. The van der Waals surface area contributed by atoms with Gasteiger partial charge < -0.3 is 19.8 Å². The van der Waals surface area contributed by atoms with E-state index in [9.17, 15) is 14.7 Å². The lowest BCUT2D eigenvalue weighted by Gasteiger charge is -2.40. The molecule has 3 aromatic rings. The van der Waals surface area contributed by atoms with Gasteiger partial charge in [0.1, 0.15) is 6.04 Å². The number of rotatable bonds is 12. The predicted molar refractivity (Wildman–Crippen MR) is 190 cm³/mol. The summed E-state index contributed by atoms with van der Waals surface area (Å²) in [7, 11) is 0. The highest BCUT2D eigenvalue weighted by molar-refractivity contribution is 8.02. The fourth-order valence-corrected chi connectivity index (χ4v) is 10.7. The van der Waals surface area contributed by atoms with Gasteiger partial charge in [-0.1, -0.05) is 86.7 Å². The van der Waals surface area contributed by atoms with Crippen LogP contribution in [0.25, 0.3) is 10.8 Å². The van der Waals surface area contributed by atoms with E-state index in [4.69, 9.17) is 0 Å². The second kappa shape index (κ2) is 13.0. The summed E-state index contributed by atoms with van der Waals surface area (Å²) in [6.07, 6.45) is 4.79. The molecule has 3 aromatic carbocycles. The minimum Gasteiger partial charge on any atom is -0.394 e. The molecule has 0 aliphatic carbocycles. The number of fused-ring (bicyclic) bond motifs is 2. The second-order valence-electron chi connectivity index (χ2n) is 13.7. The third-order valence-electron chi connectivity index (χ3n) is 10.5. The molecule has 2 bridgehead atoms. The molecule has 2 unspecified atom stereocenters. The molecule has 3 fully saturated rings. The molecule has 0 radical (unpaired) electrons. The van der Waals surface area contributed by atoms with Crippen LogP contribution in [0.15, 0.2) is 98.1 Å². The van der Waals surface area contributed by atoms with E-state index in [-0.39, 0.29) is 36.8 Å². The third-order valence-corrected chi connectivity index (χ3v) is 12.5. The van der Waals surface area contributed by atoms with Crippen molar-refractivity contribution < 1.29 is 19.5 Å². The SMILES string of the molecule is C=CCN(Cc1ccccc1)C(=O)[C@@H]1[C@H]2C(=O)N([C@@H](CO)C(C)C)C(C(=O)N(CC=C)c3ccc4ccccc4c3)C23CC[C@@]1(C)S3. The largest absolute Gasteiger partial charge is 0.394 e. The lowest BCUT2D eigenvalue weighted by molar-refractivity contribution is -0.147. The van der Waals surface area contributed by atoms with E-state index in [1.807, 2.05) is 86.6 Å². The maximum Gasteiger partial charge on any atom is 0.251 e. The highest BCUT2D eigenvalue weighted by Crippen LogP contribution is 2.72. The summed E-state index contributed by atoms with van der Waals surface area (Å²) in [5, 5.41) is 12.8. The van der Waals surface area contributed by atoms with Crippen LogP contribution in [0.4, 0.5) is 5.69 Å². The smallest absolute Gasteiger partial charge is 0.251 e. The van der Waals surface area contributed by atoms with Crippen LogP contribution in [0, 0.1) is 17.8 Å². The first-order valence-electron chi connectivity index (χ1n) is 16.6. The first kappa shape index (κ1) is 33.0. The van der Waals surface area contributed by atoms with Crippen LogP contribution in [-0.2, 0) is 20.9 Å². The molecule has 8 heteroatoms. The van der Waals surface area contributed by atoms with Gasteiger partial charge in [-0.15, -0.1) is 24.9 Å². The van der Waals surface area contributed by atoms with Gasteiger partial charge in [0.05, 0.1) is 29.2 Å². The zero-order valence-corrected chi connectivity index (χ0v) is 28.4.